The van der Waals surface area contributed by atoms with E-state index >= 15 is 0 Å². The van der Waals surface area contributed by atoms with Gasteiger partial charge in [0.05, 0.1) is 0 Å². The first-order chi connectivity index (χ1) is 11.0. The van der Waals surface area contributed by atoms with Crippen molar-refractivity contribution in [2.75, 3.05) is 0 Å². The van der Waals surface area contributed by atoms with Gasteiger partial charge in [0.1, 0.15) is 11.1 Å². The number of rotatable bonds is 4. The van der Waals surface area contributed by atoms with Crippen LogP contribution in [0.1, 0.15) is 33.3 Å². The first-order valence-electron chi connectivity index (χ1n) is 7.50. The predicted molar refractivity (Wildman–Crippen MR) is 92.4 cm³/mol. The number of amides is 1. The second kappa shape index (κ2) is 6.36. The standard InChI is InChI=1S/C17H21ClN2O4/c1-16(2,3)24-15(23)20-17(4,14(21)22)8-10-9-19-13-7-11(18)5-6-12(10)13/h5-7,9,19H,8H2,1-4H3,(H,20,23)(H,21,22). The molecular weight excluding hydrogens is 332 g/mol. The summed E-state index contributed by atoms with van der Waals surface area (Å²) in [6.07, 6.45) is 1.05. The summed E-state index contributed by atoms with van der Waals surface area (Å²) in [7, 11) is 0. The maximum Gasteiger partial charge on any atom is 0.408 e. The number of aromatic nitrogens is 1. The van der Waals surface area contributed by atoms with Gasteiger partial charge in [0.25, 0.3) is 0 Å². The Kier molecular flexibility index (Phi) is 4.80. The molecule has 7 heteroatoms. The molecule has 24 heavy (non-hydrogen) atoms. The summed E-state index contributed by atoms with van der Waals surface area (Å²) in [6.45, 7) is 6.60. The fourth-order valence-electron chi connectivity index (χ4n) is 2.39. The van der Waals surface area contributed by atoms with E-state index in [-0.39, 0.29) is 6.42 Å². The van der Waals surface area contributed by atoms with Crippen LogP contribution in [0.25, 0.3) is 10.9 Å². The van der Waals surface area contributed by atoms with Crippen molar-refractivity contribution in [1.29, 1.82) is 0 Å². The van der Waals surface area contributed by atoms with Crippen LogP contribution in [0.2, 0.25) is 5.02 Å². The molecule has 1 aromatic carbocycles. The maximum absolute atomic E-state index is 12.0. The van der Waals surface area contributed by atoms with Crippen LogP contribution in [0.3, 0.4) is 0 Å². The summed E-state index contributed by atoms with van der Waals surface area (Å²) in [5.74, 6) is -1.14. The Morgan fingerprint density at radius 3 is 2.54 bits per heavy atom. The van der Waals surface area contributed by atoms with E-state index in [0.29, 0.717) is 5.02 Å². The lowest BCUT2D eigenvalue weighted by Gasteiger charge is -2.28. The minimum atomic E-state index is -1.50. The molecule has 2 aromatic rings. The highest BCUT2D eigenvalue weighted by Crippen LogP contribution is 2.25. The van der Waals surface area contributed by atoms with Gasteiger partial charge in [-0.25, -0.2) is 9.59 Å². The third-order valence-electron chi connectivity index (χ3n) is 3.52. The number of ether oxygens (including phenoxy) is 1. The van der Waals surface area contributed by atoms with E-state index in [1.54, 1.807) is 39.1 Å². The van der Waals surface area contributed by atoms with E-state index in [0.717, 1.165) is 16.5 Å². The molecule has 0 fully saturated rings. The van der Waals surface area contributed by atoms with E-state index < -0.39 is 23.2 Å². The van der Waals surface area contributed by atoms with E-state index in [1.165, 1.54) is 6.92 Å². The lowest BCUT2D eigenvalue weighted by Crippen LogP contribution is -2.54. The molecule has 1 heterocycles. The molecule has 0 spiro atoms. The zero-order chi connectivity index (χ0) is 18.1. The van der Waals surface area contributed by atoms with Gasteiger partial charge in [-0.15, -0.1) is 0 Å². The van der Waals surface area contributed by atoms with Crippen molar-refractivity contribution < 1.29 is 19.4 Å². The molecular formula is C17H21ClN2O4. The van der Waals surface area contributed by atoms with Gasteiger partial charge in [-0.2, -0.15) is 0 Å². The van der Waals surface area contributed by atoms with Gasteiger partial charge in [-0.1, -0.05) is 17.7 Å². The Labute approximate surface area is 145 Å². The van der Waals surface area contributed by atoms with Crippen LogP contribution in [0.5, 0.6) is 0 Å². The van der Waals surface area contributed by atoms with Gasteiger partial charge in [0, 0.05) is 28.5 Å². The van der Waals surface area contributed by atoms with Crippen molar-refractivity contribution in [2.24, 2.45) is 0 Å². The minimum Gasteiger partial charge on any atom is -0.480 e. The number of carboxylic acid groups (broad SMARTS) is 1. The van der Waals surface area contributed by atoms with Crippen LogP contribution in [0, 0.1) is 0 Å². The molecule has 0 bridgehead atoms. The van der Waals surface area contributed by atoms with Crippen molar-refractivity contribution in [3.8, 4) is 0 Å². The molecule has 0 saturated carbocycles. The molecule has 6 nitrogen and oxygen atoms in total. The Morgan fingerprint density at radius 1 is 1.29 bits per heavy atom. The highest BCUT2D eigenvalue weighted by molar-refractivity contribution is 6.31. The maximum atomic E-state index is 12.0. The number of hydrogen-bond donors (Lipinski definition) is 3. The summed E-state index contributed by atoms with van der Waals surface area (Å²) in [6, 6.07) is 5.32. The number of carbonyl (C=O) groups excluding carboxylic acids is 1. The molecule has 130 valence electrons. The van der Waals surface area contributed by atoms with Crippen LogP contribution < -0.4 is 5.32 Å². The van der Waals surface area contributed by atoms with Crippen molar-refractivity contribution in [2.45, 2.75) is 45.3 Å². The van der Waals surface area contributed by atoms with Crippen LogP contribution >= 0.6 is 11.6 Å². The molecule has 0 aliphatic carbocycles. The first-order valence-corrected chi connectivity index (χ1v) is 7.88. The van der Waals surface area contributed by atoms with E-state index in [9.17, 15) is 14.7 Å². The smallest absolute Gasteiger partial charge is 0.408 e. The van der Waals surface area contributed by atoms with Crippen LogP contribution in [0.4, 0.5) is 4.79 Å². The SMILES string of the molecule is CC(C)(C)OC(=O)NC(C)(Cc1c[nH]c2cc(Cl)ccc12)C(=O)O. The van der Waals surface area contributed by atoms with Crippen LogP contribution in [-0.2, 0) is 16.0 Å². The third-order valence-corrected chi connectivity index (χ3v) is 3.76. The number of benzene rings is 1. The number of halogens is 1. The number of carboxylic acids is 1. The summed E-state index contributed by atoms with van der Waals surface area (Å²) in [5, 5.41) is 13.5. The van der Waals surface area contributed by atoms with E-state index in [4.69, 9.17) is 16.3 Å². The molecule has 1 unspecified atom stereocenters. The summed E-state index contributed by atoms with van der Waals surface area (Å²) < 4.78 is 5.17. The topological polar surface area (TPSA) is 91.4 Å². The molecule has 1 amide bonds. The monoisotopic (exact) mass is 352 g/mol. The minimum absolute atomic E-state index is 0.100. The average molecular weight is 353 g/mol. The molecule has 1 aromatic heterocycles. The van der Waals surface area contributed by atoms with Crippen molar-refractivity contribution in [3.63, 3.8) is 0 Å². The van der Waals surface area contributed by atoms with Crippen LogP contribution in [0.15, 0.2) is 24.4 Å². The third kappa shape index (κ3) is 4.20. The fourth-order valence-corrected chi connectivity index (χ4v) is 2.56. The molecule has 0 saturated heterocycles. The first kappa shape index (κ1) is 18.1. The van der Waals surface area contributed by atoms with E-state index in [1.807, 2.05) is 6.07 Å². The highest BCUT2D eigenvalue weighted by Gasteiger charge is 2.37. The molecule has 0 radical (unpaired) electrons. The molecule has 0 aliphatic heterocycles. The van der Waals surface area contributed by atoms with Gasteiger partial charge in [-0.3, -0.25) is 0 Å². The number of nitrogens with one attached hydrogen (secondary N) is 2. The molecule has 0 aliphatic rings. The second-order valence-electron chi connectivity index (χ2n) is 6.94. The lowest BCUT2D eigenvalue weighted by molar-refractivity contribution is -0.144. The summed E-state index contributed by atoms with van der Waals surface area (Å²) >= 11 is 5.95. The molecule has 3 N–H and O–H groups in total. The number of fused-ring (bicyclic) bond motifs is 1. The fraction of sp³-hybridized carbons (Fsp3) is 0.412. The zero-order valence-electron chi connectivity index (χ0n) is 14.1. The Bertz CT molecular complexity index is 778. The quantitative estimate of drug-likeness (QED) is 0.781. The number of aliphatic carboxylic acids is 1. The van der Waals surface area contributed by atoms with E-state index in [2.05, 4.69) is 10.3 Å². The molecule has 2 rings (SSSR count). The Morgan fingerprint density at radius 2 is 1.96 bits per heavy atom. The normalized spacial score (nSPS) is 14.2. The zero-order valence-corrected chi connectivity index (χ0v) is 14.8. The van der Waals surface area contributed by atoms with Crippen molar-refractivity contribution >= 4 is 34.6 Å². The van der Waals surface area contributed by atoms with Gasteiger partial charge < -0.3 is 20.1 Å². The van der Waals surface area contributed by atoms with Gasteiger partial charge in [-0.05, 0) is 45.4 Å². The highest BCUT2D eigenvalue weighted by atomic mass is 35.5. The lowest BCUT2D eigenvalue weighted by atomic mass is 9.93. The number of carbonyl (C=O) groups is 2. The number of hydrogen-bond acceptors (Lipinski definition) is 3. The van der Waals surface area contributed by atoms with Gasteiger partial charge in [0.2, 0.25) is 0 Å². The van der Waals surface area contributed by atoms with Gasteiger partial charge >= 0.3 is 12.1 Å². The van der Waals surface area contributed by atoms with Crippen LogP contribution in [-0.4, -0.2) is 33.3 Å². The second-order valence-corrected chi connectivity index (χ2v) is 7.38. The molecule has 1 atom stereocenters. The summed E-state index contributed by atoms with van der Waals surface area (Å²) in [4.78, 5) is 26.8. The number of alkyl carbamates (subject to hydrolysis) is 1. The number of H-pyrrole nitrogens is 1. The average Bonchev–Trinajstić information content (AvgIpc) is 2.78. The number of aromatic amines is 1. The van der Waals surface area contributed by atoms with Crippen molar-refractivity contribution in [1.82, 2.24) is 10.3 Å². The Balaban J connectivity index is 2.26. The Hall–Kier alpha value is -2.21. The predicted octanol–water partition coefficient (Wildman–Crippen LogP) is 3.73. The largest absolute Gasteiger partial charge is 0.480 e. The van der Waals surface area contributed by atoms with Crippen molar-refractivity contribution in [3.05, 3.63) is 35.0 Å². The van der Waals surface area contributed by atoms with Gasteiger partial charge in [0.15, 0.2) is 0 Å². The summed E-state index contributed by atoms with van der Waals surface area (Å²) in [5.41, 5.74) is -0.636.